The van der Waals surface area contributed by atoms with Crippen molar-refractivity contribution in [2.45, 2.75) is 33.2 Å². The van der Waals surface area contributed by atoms with Crippen LogP contribution in [0.25, 0.3) is 5.00 Å². The number of carbonyl (C=O) groups is 1. The summed E-state index contributed by atoms with van der Waals surface area (Å²) in [4.78, 5) is 17.6. The lowest BCUT2D eigenvalue weighted by Crippen LogP contribution is -2.10. The number of aliphatic hydroxyl groups is 1. The van der Waals surface area contributed by atoms with Gasteiger partial charge in [0.1, 0.15) is 23.5 Å². The molecule has 152 valence electrons. The number of thiophene rings is 1. The number of aliphatic carboxylic acids is 1. The number of hydrogen-bond acceptors (Lipinski definition) is 6. The van der Waals surface area contributed by atoms with E-state index in [1.165, 1.54) is 0 Å². The molecule has 0 spiro atoms. The number of aryl methyl sites for hydroxylation is 2. The predicted molar refractivity (Wildman–Crippen MR) is 114 cm³/mol. The third-order valence-corrected chi connectivity index (χ3v) is 6.27. The molecule has 1 aromatic carbocycles. The molecule has 2 aromatic heterocycles. The topological polar surface area (TPSA) is 101 Å². The fourth-order valence-corrected chi connectivity index (χ4v) is 4.76. The first kappa shape index (κ1) is 20.0. The van der Waals surface area contributed by atoms with Crippen LogP contribution in [0, 0.1) is 32.6 Å². The molecule has 1 atom stereocenters. The molecule has 1 aliphatic rings. The monoisotopic (exact) mass is 420 g/mol. The van der Waals surface area contributed by atoms with Crippen molar-refractivity contribution in [3.8, 4) is 16.8 Å². The van der Waals surface area contributed by atoms with Crippen molar-refractivity contribution in [3.63, 3.8) is 0 Å². The Balaban J connectivity index is 1.94. The van der Waals surface area contributed by atoms with Gasteiger partial charge in [-0.05, 0) is 38.5 Å². The van der Waals surface area contributed by atoms with Gasteiger partial charge >= 0.3 is 5.97 Å². The smallest absolute Gasteiger partial charge is 0.306 e. The van der Waals surface area contributed by atoms with Crippen molar-refractivity contribution < 1.29 is 15.0 Å². The van der Waals surface area contributed by atoms with Gasteiger partial charge in [0.2, 0.25) is 0 Å². The van der Waals surface area contributed by atoms with E-state index < -0.39 is 12.0 Å². The van der Waals surface area contributed by atoms with Crippen molar-refractivity contribution in [3.05, 3.63) is 63.0 Å². The summed E-state index contributed by atoms with van der Waals surface area (Å²) in [6.45, 7) is 5.79. The van der Waals surface area contributed by atoms with Gasteiger partial charge in [0.05, 0.1) is 12.1 Å². The molecule has 1 aliphatic heterocycles. The zero-order chi connectivity index (χ0) is 21.4. The van der Waals surface area contributed by atoms with Gasteiger partial charge in [0.25, 0.3) is 0 Å². The first-order chi connectivity index (χ1) is 14.4. The molecule has 0 fully saturated rings. The number of fused-ring (bicyclic) bond motifs is 3. The van der Waals surface area contributed by atoms with E-state index >= 15 is 0 Å². The Bertz CT molecular complexity index is 1230. The van der Waals surface area contributed by atoms with Crippen molar-refractivity contribution in [1.29, 1.82) is 0 Å². The third-order valence-electron chi connectivity index (χ3n) is 5.08. The minimum absolute atomic E-state index is 0.172. The molecule has 0 unspecified atom stereocenters. The second kappa shape index (κ2) is 7.86. The Labute approximate surface area is 177 Å². The normalized spacial score (nSPS) is 14.8. The molecular weight excluding hydrogens is 400 g/mol. The van der Waals surface area contributed by atoms with Crippen molar-refractivity contribution >= 4 is 23.0 Å². The fraction of sp³-hybridized carbons (Fsp3) is 0.273. The Kier molecular flexibility index (Phi) is 5.24. The van der Waals surface area contributed by atoms with E-state index in [1.807, 2.05) is 35.8 Å². The Hall–Kier alpha value is -3.28. The number of hydrogen-bond donors (Lipinski definition) is 2. The number of rotatable bonds is 3. The van der Waals surface area contributed by atoms with E-state index in [0.29, 0.717) is 11.6 Å². The van der Waals surface area contributed by atoms with Crippen LogP contribution in [0.4, 0.5) is 0 Å². The third kappa shape index (κ3) is 3.43. The van der Waals surface area contributed by atoms with Gasteiger partial charge in [-0.2, -0.15) is 0 Å². The van der Waals surface area contributed by atoms with Gasteiger partial charge in [-0.3, -0.25) is 14.4 Å². The van der Waals surface area contributed by atoms with Crippen LogP contribution < -0.4 is 0 Å². The van der Waals surface area contributed by atoms with E-state index in [2.05, 4.69) is 35.9 Å². The number of aliphatic hydroxyl groups excluding tert-OH is 1. The lowest BCUT2D eigenvalue weighted by Gasteiger charge is -2.10. The Morgan fingerprint density at radius 2 is 1.93 bits per heavy atom. The van der Waals surface area contributed by atoms with Crippen LogP contribution >= 0.6 is 11.3 Å². The number of carboxylic acid groups (broad SMARTS) is 1. The molecular formula is C22H20N4O3S. The highest BCUT2D eigenvalue weighted by Gasteiger charge is 2.32. The highest BCUT2D eigenvalue weighted by Crippen LogP contribution is 2.39. The SMILES string of the molecule is Cc1sc2c(c1C)C(c1ccc(C#CCO)cc1)=N[C@H](CC(=O)O)c1nnc(C)n1-2. The fourth-order valence-electron chi connectivity index (χ4n) is 3.54. The van der Waals surface area contributed by atoms with Crippen LogP contribution in [0.5, 0.6) is 0 Å². The molecule has 0 saturated carbocycles. The molecule has 0 radical (unpaired) electrons. The van der Waals surface area contributed by atoms with Crippen LogP contribution in [0.3, 0.4) is 0 Å². The second-order valence-corrected chi connectivity index (χ2v) is 8.24. The van der Waals surface area contributed by atoms with E-state index in [1.54, 1.807) is 11.3 Å². The predicted octanol–water partition coefficient (Wildman–Crippen LogP) is 2.96. The minimum atomic E-state index is -0.942. The molecule has 0 aliphatic carbocycles. The molecule has 0 amide bonds. The summed E-state index contributed by atoms with van der Waals surface area (Å²) in [5.74, 6) is 5.82. The average molecular weight is 420 g/mol. The first-order valence-electron chi connectivity index (χ1n) is 9.43. The van der Waals surface area contributed by atoms with Crippen molar-refractivity contribution in [2.75, 3.05) is 6.61 Å². The molecule has 8 heteroatoms. The van der Waals surface area contributed by atoms with Gasteiger partial charge in [-0.1, -0.05) is 24.0 Å². The number of aromatic nitrogens is 3. The maximum Gasteiger partial charge on any atom is 0.306 e. The van der Waals surface area contributed by atoms with Crippen LogP contribution in [0.2, 0.25) is 0 Å². The second-order valence-electron chi connectivity index (χ2n) is 7.03. The summed E-state index contributed by atoms with van der Waals surface area (Å²) in [5, 5.41) is 27.8. The van der Waals surface area contributed by atoms with E-state index in [9.17, 15) is 9.90 Å². The van der Waals surface area contributed by atoms with E-state index in [4.69, 9.17) is 10.1 Å². The lowest BCUT2D eigenvalue weighted by atomic mass is 9.98. The molecule has 0 saturated heterocycles. The maximum atomic E-state index is 11.6. The lowest BCUT2D eigenvalue weighted by molar-refractivity contribution is -0.137. The molecule has 2 N–H and O–H groups in total. The molecule has 30 heavy (non-hydrogen) atoms. The molecule has 3 aromatic rings. The zero-order valence-electron chi connectivity index (χ0n) is 16.8. The first-order valence-corrected chi connectivity index (χ1v) is 10.2. The van der Waals surface area contributed by atoms with Crippen LogP contribution in [-0.2, 0) is 4.79 Å². The van der Waals surface area contributed by atoms with Gasteiger partial charge in [0.15, 0.2) is 5.82 Å². The molecule has 3 heterocycles. The summed E-state index contributed by atoms with van der Waals surface area (Å²) in [5.41, 5.74) is 4.48. The standard InChI is InChI=1S/C22H20N4O3S/c1-12-13(2)30-22-19(12)20(16-8-6-15(7-9-16)5-4-10-27)23-17(11-18(28)29)21-25-24-14(3)26(21)22/h6-9,17,27H,10-11H2,1-3H3,(H,28,29)/t17-/m1/s1. The number of aliphatic imine (C=N–C) groups is 1. The summed E-state index contributed by atoms with van der Waals surface area (Å²) >= 11 is 1.63. The number of benzene rings is 1. The molecule has 4 rings (SSSR count). The quantitative estimate of drug-likeness (QED) is 0.635. The van der Waals surface area contributed by atoms with Crippen LogP contribution in [-0.4, -0.2) is 43.3 Å². The molecule has 7 nitrogen and oxygen atoms in total. The highest BCUT2D eigenvalue weighted by molar-refractivity contribution is 7.15. The molecule has 0 bridgehead atoms. The Morgan fingerprint density at radius 3 is 2.60 bits per heavy atom. The summed E-state index contributed by atoms with van der Waals surface area (Å²) in [6, 6.07) is 6.95. The summed E-state index contributed by atoms with van der Waals surface area (Å²) in [7, 11) is 0. The average Bonchev–Trinajstić information content (AvgIpc) is 3.19. The maximum absolute atomic E-state index is 11.6. The summed E-state index contributed by atoms with van der Waals surface area (Å²) in [6.07, 6.45) is -0.172. The van der Waals surface area contributed by atoms with Crippen LogP contribution in [0.1, 0.15) is 51.2 Å². The van der Waals surface area contributed by atoms with Gasteiger partial charge in [0, 0.05) is 21.6 Å². The van der Waals surface area contributed by atoms with E-state index in [-0.39, 0.29) is 13.0 Å². The Morgan fingerprint density at radius 1 is 1.20 bits per heavy atom. The minimum Gasteiger partial charge on any atom is -0.481 e. The van der Waals surface area contributed by atoms with Crippen molar-refractivity contribution in [2.24, 2.45) is 4.99 Å². The highest BCUT2D eigenvalue weighted by atomic mass is 32.1. The largest absolute Gasteiger partial charge is 0.481 e. The van der Waals surface area contributed by atoms with Gasteiger partial charge in [-0.25, -0.2) is 0 Å². The zero-order valence-corrected chi connectivity index (χ0v) is 17.6. The van der Waals surface area contributed by atoms with Crippen molar-refractivity contribution in [1.82, 2.24) is 14.8 Å². The van der Waals surface area contributed by atoms with E-state index in [0.717, 1.165) is 37.8 Å². The number of nitrogens with zero attached hydrogens (tertiary/aromatic N) is 4. The summed E-state index contributed by atoms with van der Waals surface area (Å²) < 4.78 is 1.94. The van der Waals surface area contributed by atoms with Gasteiger partial charge < -0.3 is 10.2 Å². The number of carboxylic acids is 1. The van der Waals surface area contributed by atoms with Gasteiger partial charge in [-0.15, -0.1) is 21.5 Å². The van der Waals surface area contributed by atoms with Crippen LogP contribution in [0.15, 0.2) is 29.3 Å².